The Morgan fingerprint density at radius 2 is 2.08 bits per heavy atom. The molecule has 0 aliphatic carbocycles. The van der Waals surface area contributed by atoms with Crippen LogP contribution in [0.2, 0.25) is 0 Å². The maximum absolute atomic E-state index is 10.8. The number of unbranched alkanes of at least 4 members (excludes halogenated alkanes) is 1. The first kappa shape index (κ1) is 11.7. The number of amides is 2. The highest BCUT2D eigenvalue weighted by molar-refractivity contribution is 5.82. The van der Waals surface area contributed by atoms with Gasteiger partial charge in [0.15, 0.2) is 0 Å². The number of carbonyl (C=O) groups excluding carboxylic acids is 1. The third kappa shape index (κ3) is 5.05. The summed E-state index contributed by atoms with van der Waals surface area (Å²) in [6, 6.07) is -1.23. The number of carboxylic acid groups (broad SMARTS) is 1. The quantitative estimate of drug-likeness (QED) is 0.589. The zero-order valence-corrected chi connectivity index (χ0v) is 7.96. The summed E-state index contributed by atoms with van der Waals surface area (Å²) in [5, 5.41) is 13.4. The molecule has 0 aliphatic rings. The standard InChI is InChI=1S/C8H16N2O3/c1-3-4-5-6(7(11)12)10-8(13)9-2/h6H,3-5H2,1-2H3,(H,11,12)(H2,9,10,13). The fraction of sp³-hybridized carbons (Fsp3) is 0.750. The molecular formula is C8H16N2O3. The third-order valence-corrected chi connectivity index (χ3v) is 1.68. The molecule has 3 N–H and O–H groups in total. The van der Waals surface area contributed by atoms with Crippen molar-refractivity contribution >= 4 is 12.0 Å². The van der Waals surface area contributed by atoms with Gasteiger partial charge in [-0.15, -0.1) is 0 Å². The van der Waals surface area contributed by atoms with Crippen molar-refractivity contribution in [3.63, 3.8) is 0 Å². The van der Waals surface area contributed by atoms with E-state index >= 15 is 0 Å². The first-order valence-corrected chi connectivity index (χ1v) is 4.32. The molecule has 0 aromatic carbocycles. The first-order valence-electron chi connectivity index (χ1n) is 4.32. The van der Waals surface area contributed by atoms with Crippen LogP contribution in [-0.4, -0.2) is 30.2 Å². The molecule has 0 aliphatic heterocycles. The van der Waals surface area contributed by atoms with Crippen LogP contribution in [0, 0.1) is 0 Å². The maximum atomic E-state index is 10.8. The van der Waals surface area contributed by atoms with E-state index in [0.29, 0.717) is 6.42 Å². The van der Waals surface area contributed by atoms with Crippen molar-refractivity contribution in [1.29, 1.82) is 0 Å². The van der Waals surface area contributed by atoms with Crippen molar-refractivity contribution in [2.45, 2.75) is 32.2 Å². The van der Waals surface area contributed by atoms with Crippen LogP contribution in [0.15, 0.2) is 0 Å². The predicted octanol–water partition coefficient (Wildman–Crippen LogP) is 0.559. The molecule has 1 atom stereocenters. The molecule has 0 saturated carbocycles. The summed E-state index contributed by atoms with van der Waals surface area (Å²) < 4.78 is 0. The van der Waals surface area contributed by atoms with Gasteiger partial charge in [-0.1, -0.05) is 19.8 Å². The van der Waals surface area contributed by atoms with Gasteiger partial charge in [-0.05, 0) is 6.42 Å². The minimum absolute atomic E-state index is 0.455. The average molecular weight is 188 g/mol. The molecule has 0 fully saturated rings. The van der Waals surface area contributed by atoms with E-state index in [4.69, 9.17) is 5.11 Å². The van der Waals surface area contributed by atoms with E-state index in [1.54, 1.807) is 0 Å². The van der Waals surface area contributed by atoms with Gasteiger partial charge in [0, 0.05) is 7.05 Å². The zero-order valence-electron chi connectivity index (χ0n) is 7.96. The van der Waals surface area contributed by atoms with Gasteiger partial charge in [-0.3, -0.25) is 0 Å². The monoisotopic (exact) mass is 188 g/mol. The van der Waals surface area contributed by atoms with Gasteiger partial charge in [0.25, 0.3) is 0 Å². The Morgan fingerprint density at radius 1 is 1.46 bits per heavy atom. The Labute approximate surface area is 77.5 Å². The lowest BCUT2D eigenvalue weighted by Gasteiger charge is -2.13. The molecule has 0 bridgehead atoms. The highest BCUT2D eigenvalue weighted by Gasteiger charge is 2.17. The van der Waals surface area contributed by atoms with E-state index in [1.807, 2.05) is 6.92 Å². The molecule has 2 amide bonds. The fourth-order valence-electron chi connectivity index (χ4n) is 0.896. The molecule has 5 nitrogen and oxygen atoms in total. The van der Waals surface area contributed by atoms with Crippen molar-refractivity contribution < 1.29 is 14.7 Å². The summed E-state index contributed by atoms with van der Waals surface area (Å²) in [6.45, 7) is 1.97. The van der Waals surface area contributed by atoms with Crippen molar-refractivity contribution in [3.05, 3.63) is 0 Å². The Kier molecular flexibility index (Phi) is 5.67. The second kappa shape index (κ2) is 6.28. The molecule has 0 saturated heterocycles. The Bertz CT molecular complexity index is 182. The largest absolute Gasteiger partial charge is 0.480 e. The van der Waals surface area contributed by atoms with E-state index in [0.717, 1.165) is 12.8 Å². The van der Waals surface area contributed by atoms with Gasteiger partial charge in [-0.2, -0.15) is 0 Å². The number of nitrogens with one attached hydrogen (secondary N) is 2. The number of urea groups is 1. The average Bonchev–Trinajstić information content (AvgIpc) is 2.11. The molecule has 5 heteroatoms. The van der Waals surface area contributed by atoms with Crippen LogP contribution in [0.5, 0.6) is 0 Å². The van der Waals surface area contributed by atoms with Crippen molar-refractivity contribution in [3.8, 4) is 0 Å². The lowest BCUT2D eigenvalue weighted by molar-refractivity contribution is -0.139. The van der Waals surface area contributed by atoms with E-state index < -0.39 is 18.0 Å². The second-order valence-corrected chi connectivity index (χ2v) is 2.76. The van der Waals surface area contributed by atoms with Crippen LogP contribution in [0.3, 0.4) is 0 Å². The van der Waals surface area contributed by atoms with Crippen molar-refractivity contribution in [2.75, 3.05) is 7.05 Å². The summed E-state index contributed by atoms with van der Waals surface area (Å²) in [4.78, 5) is 21.4. The third-order valence-electron chi connectivity index (χ3n) is 1.68. The van der Waals surface area contributed by atoms with E-state index in [2.05, 4.69) is 10.6 Å². The summed E-state index contributed by atoms with van der Waals surface area (Å²) in [7, 11) is 1.45. The summed E-state index contributed by atoms with van der Waals surface area (Å²) in [5.41, 5.74) is 0. The molecule has 0 radical (unpaired) electrons. The summed E-state index contributed by atoms with van der Waals surface area (Å²) >= 11 is 0. The minimum Gasteiger partial charge on any atom is -0.480 e. The number of hydrogen-bond donors (Lipinski definition) is 3. The lowest BCUT2D eigenvalue weighted by atomic mass is 10.1. The highest BCUT2D eigenvalue weighted by Crippen LogP contribution is 2.00. The second-order valence-electron chi connectivity index (χ2n) is 2.76. The van der Waals surface area contributed by atoms with Gasteiger partial charge < -0.3 is 15.7 Å². The van der Waals surface area contributed by atoms with Gasteiger partial charge in [0.1, 0.15) is 6.04 Å². The molecule has 0 aromatic heterocycles. The van der Waals surface area contributed by atoms with E-state index in [-0.39, 0.29) is 0 Å². The Hall–Kier alpha value is -1.26. The van der Waals surface area contributed by atoms with Crippen LogP contribution < -0.4 is 10.6 Å². The number of rotatable bonds is 5. The van der Waals surface area contributed by atoms with Crippen LogP contribution in [0.25, 0.3) is 0 Å². The van der Waals surface area contributed by atoms with Gasteiger partial charge in [-0.25, -0.2) is 9.59 Å². The number of carbonyl (C=O) groups is 2. The van der Waals surface area contributed by atoms with Gasteiger partial charge in [0.05, 0.1) is 0 Å². The Balaban J connectivity index is 3.94. The zero-order chi connectivity index (χ0) is 10.3. The van der Waals surface area contributed by atoms with Crippen molar-refractivity contribution in [2.24, 2.45) is 0 Å². The van der Waals surface area contributed by atoms with E-state index in [1.165, 1.54) is 7.05 Å². The van der Waals surface area contributed by atoms with Crippen LogP contribution in [0.4, 0.5) is 4.79 Å². The first-order chi connectivity index (χ1) is 6.11. The molecule has 76 valence electrons. The van der Waals surface area contributed by atoms with Crippen LogP contribution in [0.1, 0.15) is 26.2 Å². The normalized spacial score (nSPS) is 11.8. The van der Waals surface area contributed by atoms with Crippen LogP contribution >= 0.6 is 0 Å². The lowest BCUT2D eigenvalue weighted by Crippen LogP contribution is -2.44. The number of aliphatic carboxylic acids is 1. The molecule has 0 aromatic rings. The summed E-state index contributed by atoms with van der Waals surface area (Å²) in [6.07, 6.45) is 2.18. The highest BCUT2D eigenvalue weighted by atomic mass is 16.4. The minimum atomic E-state index is -0.989. The topological polar surface area (TPSA) is 78.4 Å². The fourth-order valence-corrected chi connectivity index (χ4v) is 0.896. The smallest absolute Gasteiger partial charge is 0.326 e. The number of hydrogen-bond acceptors (Lipinski definition) is 2. The SMILES string of the molecule is CCCCC(NC(=O)NC)C(=O)O. The molecule has 1 unspecified atom stereocenters. The Morgan fingerprint density at radius 3 is 2.46 bits per heavy atom. The molecule has 13 heavy (non-hydrogen) atoms. The van der Waals surface area contributed by atoms with E-state index in [9.17, 15) is 9.59 Å². The molecule has 0 heterocycles. The van der Waals surface area contributed by atoms with Gasteiger partial charge in [0.2, 0.25) is 0 Å². The van der Waals surface area contributed by atoms with Crippen LogP contribution in [-0.2, 0) is 4.79 Å². The number of carboxylic acids is 1. The summed E-state index contributed by atoms with van der Waals surface area (Å²) in [5.74, 6) is -0.989. The molecule has 0 spiro atoms. The predicted molar refractivity (Wildman–Crippen MR) is 48.5 cm³/mol. The van der Waals surface area contributed by atoms with Crippen molar-refractivity contribution in [1.82, 2.24) is 10.6 Å². The maximum Gasteiger partial charge on any atom is 0.326 e. The van der Waals surface area contributed by atoms with Gasteiger partial charge >= 0.3 is 12.0 Å². The molecular weight excluding hydrogens is 172 g/mol. The molecule has 0 rings (SSSR count).